The van der Waals surface area contributed by atoms with Crippen molar-refractivity contribution in [2.24, 2.45) is 17.8 Å². The summed E-state index contributed by atoms with van der Waals surface area (Å²) in [5.41, 5.74) is 3.13. The summed E-state index contributed by atoms with van der Waals surface area (Å²) < 4.78 is 22.3. The Morgan fingerprint density at radius 3 is 2.65 bits per heavy atom. The van der Waals surface area contributed by atoms with Gasteiger partial charge in [-0.3, -0.25) is 4.79 Å². The van der Waals surface area contributed by atoms with E-state index in [1.165, 1.54) is 19.3 Å². The highest BCUT2D eigenvalue weighted by Crippen LogP contribution is 2.49. The van der Waals surface area contributed by atoms with Crippen LogP contribution < -0.4 is 9.47 Å². The standard InChI is InChI=1S/C29H29N3O5/c1-34-25-10-9-19(13-26(25)35-2)24-15-22(21-5-3-4-6-23(21)30-24)29-32-31-27(37-29)16-36-28(33)14-20-12-17-7-8-18(20)11-17/h3-6,9-10,13,15,17-18,20H,7-8,11-12,14,16H2,1-2H3/t17-,18-,20-/m0/s1. The van der Waals surface area contributed by atoms with Crippen molar-refractivity contribution in [2.75, 3.05) is 14.2 Å². The van der Waals surface area contributed by atoms with E-state index in [1.807, 2.05) is 48.5 Å². The molecule has 8 nitrogen and oxygen atoms in total. The predicted octanol–water partition coefficient (Wildman–Crippen LogP) is 5.84. The van der Waals surface area contributed by atoms with Gasteiger partial charge in [-0.2, -0.15) is 0 Å². The van der Waals surface area contributed by atoms with Crippen molar-refractivity contribution in [3.63, 3.8) is 0 Å². The topological polar surface area (TPSA) is 96.6 Å². The SMILES string of the molecule is COc1ccc(-c2cc(-c3nnc(COC(=O)C[C@@H]4C[C@H]5CC[C@H]4C5)o3)c3ccccc3n2)cc1OC. The fourth-order valence-electron chi connectivity index (χ4n) is 5.96. The molecule has 0 N–H and O–H groups in total. The number of ether oxygens (including phenoxy) is 3. The van der Waals surface area contributed by atoms with Gasteiger partial charge in [0.2, 0.25) is 5.89 Å². The molecule has 2 aliphatic carbocycles. The van der Waals surface area contributed by atoms with Gasteiger partial charge in [0, 0.05) is 17.4 Å². The largest absolute Gasteiger partial charge is 0.493 e. The Kier molecular flexibility index (Phi) is 6.24. The van der Waals surface area contributed by atoms with E-state index in [0.29, 0.717) is 35.6 Å². The Morgan fingerprint density at radius 1 is 1.00 bits per heavy atom. The van der Waals surface area contributed by atoms with Gasteiger partial charge in [-0.15, -0.1) is 10.2 Å². The molecule has 2 fully saturated rings. The average molecular weight is 500 g/mol. The molecule has 0 amide bonds. The van der Waals surface area contributed by atoms with Crippen LogP contribution in [0.4, 0.5) is 0 Å². The summed E-state index contributed by atoms with van der Waals surface area (Å²) in [6, 6.07) is 15.4. The molecule has 0 spiro atoms. The number of aromatic nitrogens is 3. The van der Waals surface area contributed by atoms with Crippen molar-refractivity contribution in [1.29, 1.82) is 0 Å². The van der Waals surface area contributed by atoms with Crippen LogP contribution >= 0.6 is 0 Å². The summed E-state index contributed by atoms with van der Waals surface area (Å²) in [4.78, 5) is 17.3. The first kappa shape index (κ1) is 23.5. The first-order valence-electron chi connectivity index (χ1n) is 12.7. The number of hydrogen-bond donors (Lipinski definition) is 0. The zero-order valence-electron chi connectivity index (χ0n) is 21.0. The molecule has 0 unspecified atom stereocenters. The van der Waals surface area contributed by atoms with Crippen molar-refractivity contribution in [1.82, 2.24) is 15.2 Å². The molecule has 37 heavy (non-hydrogen) atoms. The van der Waals surface area contributed by atoms with Gasteiger partial charge in [-0.05, 0) is 67.3 Å². The monoisotopic (exact) mass is 499 g/mol. The van der Waals surface area contributed by atoms with Gasteiger partial charge < -0.3 is 18.6 Å². The number of methoxy groups -OCH3 is 2. The van der Waals surface area contributed by atoms with Crippen molar-refractivity contribution < 1.29 is 23.4 Å². The van der Waals surface area contributed by atoms with Crippen molar-refractivity contribution in [3.05, 3.63) is 54.4 Å². The highest BCUT2D eigenvalue weighted by molar-refractivity contribution is 5.94. The van der Waals surface area contributed by atoms with Gasteiger partial charge in [-0.25, -0.2) is 4.98 Å². The van der Waals surface area contributed by atoms with Gasteiger partial charge >= 0.3 is 5.97 Å². The van der Waals surface area contributed by atoms with Crippen LogP contribution in [-0.2, 0) is 16.1 Å². The van der Waals surface area contributed by atoms with E-state index in [0.717, 1.165) is 40.1 Å². The fourth-order valence-corrected chi connectivity index (χ4v) is 5.96. The summed E-state index contributed by atoms with van der Waals surface area (Å²) in [5, 5.41) is 9.29. The minimum absolute atomic E-state index is 0.0296. The van der Waals surface area contributed by atoms with E-state index in [4.69, 9.17) is 23.6 Å². The number of pyridine rings is 1. The molecule has 2 bridgehead atoms. The Bertz CT molecular complexity index is 1450. The fraction of sp³-hybridized carbons (Fsp3) is 0.379. The molecule has 2 aromatic carbocycles. The number of carbonyl (C=O) groups excluding carboxylic acids is 1. The van der Waals surface area contributed by atoms with E-state index >= 15 is 0 Å². The minimum atomic E-state index is -0.192. The van der Waals surface area contributed by atoms with E-state index in [9.17, 15) is 4.79 Å². The van der Waals surface area contributed by atoms with Crippen LogP contribution in [0.1, 0.15) is 38.0 Å². The Hall–Kier alpha value is -3.94. The number of fused-ring (bicyclic) bond motifs is 3. The maximum absolute atomic E-state index is 12.5. The Morgan fingerprint density at radius 2 is 1.86 bits per heavy atom. The third-order valence-electron chi connectivity index (χ3n) is 7.76. The van der Waals surface area contributed by atoms with Gasteiger partial charge in [0.1, 0.15) is 0 Å². The lowest BCUT2D eigenvalue weighted by molar-refractivity contribution is -0.147. The number of rotatable bonds is 8. The first-order valence-corrected chi connectivity index (χ1v) is 12.7. The molecule has 2 aliphatic rings. The second kappa shape index (κ2) is 9.84. The van der Waals surface area contributed by atoms with Crippen LogP contribution in [-0.4, -0.2) is 35.4 Å². The summed E-state index contributed by atoms with van der Waals surface area (Å²) in [6.45, 7) is -0.0296. The van der Waals surface area contributed by atoms with Crippen LogP contribution in [0.25, 0.3) is 33.6 Å². The third-order valence-corrected chi connectivity index (χ3v) is 7.76. The molecule has 2 aromatic heterocycles. The summed E-state index contributed by atoms with van der Waals surface area (Å²) in [6.07, 6.45) is 5.48. The maximum Gasteiger partial charge on any atom is 0.306 e. The molecular formula is C29H29N3O5. The van der Waals surface area contributed by atoms with Crippen molar-refractivity contribution >= 4 is 16.9 Å². The number of nitrogens with zero attached hydrogens (tertiary/aromatic N) is 3. The Labute approximate surface area is 215 Å². The highest BCUT2D eigenvalue weighted by atomic mass is 16.5. The number of esters is 1. The molecule has 4 aromatic rings. The number of benzene rings is 2. The van der Waals surface area contributed by atoms with Crippen molar-refractivity contribution in [3.8, 4) is 34.2 Å². The molecule has 190 valence electrons. The minimum Gasteiger partial charge on any atom is -0.493 e. The quantitative estimate of drug-likeness (QED) is 0.279. The summed E-state index contributed by atoms with van der Waals surface area (Å²) in [5.74, 6) is 3.63. The van der Waals surface area contributed by atoms with E-state index in [1.54, 1.807) is 14.2 Å². The van der Waals surface area contributed by atoms with Crippen LogP contribution in [0.5, 0.6) is 11.5 Å². The van der Waals surface area contributed by atoms with Crippen LogP contribution in [0.3, 0.4) is 0 Å². The predicted molar refractivity (Wildman–Crippen MR) is 137 cm³/mol. The zero-order chi connectivity index (χ0) is 25.4. The molecule has 0 saturated heterocycles. The lowest BCUT2D eigenvalue weighted by Crippen LogP contribution is -2.17. The van der Waals surface area contributed by atoms with E-state index in [2.05, 4.69) is 10.2 Å². The highest BCUT2D eigenvalue weighted by Gasteiger charge is 2.40. The number of hydrogen-bond acceptors (Lipinski definition) is 8. The molecule has 0 radical (unpaired) electrons. The third kappa shape index (κ3) is 4.63. The van der Waals surface area contributed by atoms with Crippen LogP contribution in [0.2, 0.25) is 0 Å². The number of carbonyl (C=O) groups is 1. The molecule has 8 heteroatoms. The number of para-hydroxylation sites is 1. The second-order valence-corrected chi connectivity index (χ2v) is 9.94. The molecule has 2 saturated carbocycles. The Balaban J connectivity index is 1.23. The van der Waals surface area contributed by atoms with Crippen LogP contribution in [0.15, 0.2) is 52.9 Å². The zero-order valence-corrected chi connectivity index (χ0v) is 21.0. The lowest BCUT2D eigenvalue weighted by atomic mass is 9.86. The molecule has 6 rings (SSSR count). The summed E-state index contributed by atoms with van der Waals surface area (Å²) >= 11 is 0. The van der Waals surface area contributed by atoms with Crippen LogP contribution in [0, 0.1) is 17.8 Å². The molecular weight excluding hydrogens is 470 g/mol. The normalized spacial score (nSPS) is 20.3. The average Bonchev–Trinajstić information content (AvgIpc) is 3.69. The van der Waals surface area contributed by atoms with Gasteiger partial charge in [0.15, 0.2) is 18.1 Å². The van der Waals surface area contributed by atoms with E-state index < -0.39 is 0 Å². The molecule has 2 heterocycles. The van der Waals surface area contributed by atoms with Gasteiger partial charge in [0.05, 0.1) is 31.0 Å². The van der Waals surface area contributed by atoms with Gasteiger partial charge in [0.25, 0.3) is 5.89 Å². The second-order valence-electron chi connectivity index (χ2n) is 9.94. The van der Waals surface area contributed by atoms with Gasteiger partial charge in [-0.1, -0.05) is 24.6 Å². The smallest absolute Gasteiger partial charge is 0.306 e. The lowest BCUT2D eigenvalue weighted by Gasteiger charge is -2.20. The first-order chi connectivity index (χ1) is 18.1. The molecule has 0 aliphatic heterocycles. The van der Waals surface area contributed by atoms with Crippen molar-refractivity contribution in [2.45, 2.75) is 38.7 Å². The molecule has 3 atom stereocenters. The van der Waals surface area contributed by atoms with E-state index in [-0.39, 0.29) is 18.5 Å². The summed E-state index contributed by atoms with van der Waals surface area (Å²) in [7, 11) is 3.21. The maximum atomic E-state index is 12.5.